The fourth-order valence-corrected chi connectivity index (χ4v) is 2.65. The van der Waals surface area contributed by atoms with Crippen LogP contribution in [0, 0.1) is 5.95 Å². The molecule has 9 heteroatoms. The fourth-order valence-electron chi connectivity index (χ4n) is 2.65. The number of carbonyl (C=O) groups is 2. The number of furan rings is 1. The minimum atomic E-state index is -1.25. The second kappa shape index (κ2) is 7.92. The first kappa shape index (κ1) is 18.5. The van der Waals surface area contributed by atoms with E-state index in [0.29, 0.717) is 18.4 Å². The number of halogens is 1. The Labute approximate surface area is 153 Å². The van der Waals surface area contributed by atoms with E-state index < -0.39 is 17.8 Å². The highest BCUT2D eigenvalue weighted by Gasteiger charge is 2.29. The molecule has 3 aromatic heterocycles. The molecular weight excluding hydrogens is 357 g/mol. The van der Waals surface area contributed by atoms with E-state index >= 15 is 0 Å². The number of hydrogen-bond donors (Lipinski definition) is 1. The smallest absolute Gasteiger partial charge is 0.411 e. The molecule has 0 saturated carbocycles. The minimum absolute atomic E-state index is 0.0685. The highest BCUT2D eigenvalue weighted by Crippen LogP contribution is 2.34. The largest absolute Gasteiger partial charge is 0.465 e. The van der Waals surface area contributed by atoms with Gasteiger partial charge in [0.2, 0.25) is 23.2 Å². The van der Waals surface area contributed by atoms with E-state index in [1.54, 1.807) is 12.1 Å². The Morgan fingerprint density at radius 1 is 1.30 bits per heavy atom. The summed E-state index contributed by atoms with van der Waals surface area (Å²) in [4.78, 5) is 33.3. The van der Waals surface area contributed by atoms with Gasteiger partial charge in [-0.1, -0.05) is 0 Å². The summed E-state index contributed by atoms with van der Waals surface area (Å²) in [5, 5.41) is 10.1. The molecule has 0 aliphatic rings. The highest BCUT2D eigenvalue weighted by molar-refractivity contribution is 6.16. The van der Waals surface area contributed by atoms with E-state index in [4.69, 9.17) is 9.15 Å². The summed E-state index contributed by atoms with van der Waals surface area (Å²) in [7, 11) is 1.51. The topological polar surface area (TPSA) is 106 Å². The average molecular weight is 373 g/mol. The third-order valence-electron chi connectivity index (χ3n) is 3.87. The van der Waals surface area contributed by atoms with Gasteiger partial charge < -0.3 is 14.3 Å². The zero-order valence-electron chi connectivity index (χ0n) is 14.4. The van der Waals surface area contributed by atoms with Gasteiger partial charge in [-0.3, -0.25) is 9.69 Å². The van der Waals surface area contributed by atoms with Gasteiger partial charge in [-0.2, -0.15) is 4.39 Å². The lowest BCUT2D eigenvalue weighted by Crippen LogP contribution is -2.32. The molecule has 3 rings (SSSR count). The highest BCUT2D eigenvalue weighted by atomic mass is 19.1. The summed E-state index contributed by atoms with van der Waals surface area (Å²) < 4.78 is 23.6. The molecule has 8 nitrogen and oxygen atoms in total. The van der Waals surface area contributed by atoms with E-state index in [1.807, 2.05) is 0 Å². The predicted molar refractivity (Wildman–Crippen MR) is 93.5 cm³/mol. The number of hydrogen-bond acceptors (Lipinski definition) is 6. The van der Waals surface area contributed by atoms with E-state index in [1.165, 1.54) is 19.4 Å². The van der Waals surface area contributed by atoms with Gasteiger partial charge in [0.1, 0.15) is 5.69 Å². The number of pyridine rings is 2. The Morgan fingerprint density at radius 3 is 2.78 bits per heavy atom. The maximum absolute atomic E-state index is 13.1. The van der Waals surface area contributed by atoms with E-state index in [2.05, 4.69) is 9.97 Å². The monoisotopic (exact) mass is 373 g/mol. The standard InChI is InChI=1S/C18H16FN3O5/c1-26-9-3-8-22(18(24)25)14-12-4-2-7-20-17(12)27-16(14)15(23)11-5-6-13(19)21-10-11/h2,4-7,10H,3,8-9H2,1H3,(H,24,25). The Balaban J connectivity index is 2.11. The van der Waals surface area contributed by atoms with Gasteiger partial charge in [-0.25, -0.2) is 14.8 Å². The van der Waals surface area contributed by atoms with Crippen molar-refractivity contribution in [2.75, 3.05) is 25.2 Å². The van der Waals surface area contributed by atoms with Crippen LogP contribution in [0.1, 0.15) is 22.5 Å². The average Bonchev–Trinajstić information content (AvgIpc) is 3.04. The quantitative estimate of drug-likeness (QED) is 0.385. The lowest BCUT2D eigenvalue weighted by molar-refractivity contribution is 0.101. The van der Waals surface area contributed by atoms with Crippen LogP contribution in [0.25, 0.3) is 11.1 Å². The van der Waals surface area contributed by atoms with Crippen LogP contribution in [-0.2, 0) is 4.74 Å². The molecule has 0 fully saturated rings. The van der Waals surface area contributed by atoms with Gasteiger partial charge in [0.25, 0.3) is 0 Å². The number of methoxy groups -OCH3 is 1. The van der Waals surface area contributed by atoms with Crippen molar-refractivity contribution >= 4 is 28.7 Å². The summed E-state index contributed by atoms with van der Waals surface area (Å²) in [5.74, 6) is -1.55. The minimum Gasteiger partial charge on any atom is -0.465 e. The van der Waals surface area contributed by atoms with E-state index in [-0.39, 0.29) is 29.3 Å². The lowest BCUT2D eigenvalue weighted by atomic mass is 10.1. The first-order valence-electron chi connectivity index (χ1n) is 8.06. The lowest BCUT2D eigenvalue weighted by Gasteiger charge is -2.19. The summed E-state index contributed by atoms with van der Waals surface area (Å²) >= 11 is 0. The Bertz CT molecular complexity index is 971. The normalized spacial score (nSPS) is 10.9. The molecule has 0 unspecified atom stereocenters. The number of aromatic nitrogens is 2. The summed E-state index contributed by atoms with van der Waals surface area (Å²) in [6.45, 7) is 0.442. The van der Waals surface area contributed by atoms with Crippen molar-refractivity contribution in [2.24, 2.45) is 0 Å². The number of ether oxygens (including phenoxy) is 1. The SMILES string of the molecule is COCCCN(C(=O)O)c1c(C(=O)c2ccc(F)nc2)oc2ncccc12. The van der Waals surface area contributed by atoms with Crippen LogP contribution in [0.2, 0.25) is 0 Å². The molecule has 1 amide bonds. The first-order valence-corrected chi connectivity index (χ1v) is 8.06. The number of carbonyl (C=O) groups excluding carboxylic acids is 1. The van der Waals surface area contributed by atoms with Gasteiger partial charge in [-0.05, 0) is 30.7 Å². The number of anilines is 1. The molecule has 0 bridgehead atoms. The molecule has 0 spiro atoms. The van der Waals surface area contributed by atoms with E-state index in [9.17, 15) is 19.1 Å². The van der Waals surface area contributed by atoms with Crippen LogP contribution in [0.4, 0.5) is 14.9 Å². The van der Waals surface area contributed by atoms with Crippen molar-refractivity contribution in [1.82, 2.24) is 9.97 Å². The Hall–Kier alpha value is -3.33. The van der Waals surface area contributed by atoms with Crippen LogP contribution < -0.4 is 4.90 Å². The van der Waals surface area contributed by atoms with Crippen molar-refractivity contribution in [3.8, 4) is 0 Å². The molecule has 1 N–H and O–H groups in total. The van der Waals surface area contributed by atoms with Gasteiger partial charge in [0.05, 0.1) is 5.39 Å². The maximum atomic E-state index is 13.1. The zero-order chi connectivity index (χ0) is 19.4. The van der Waals surface area contributed by atoms with Gasteiger partial charge in [-0.15, -0.1) is 0 Å². The molecule has 0 aromatic carbocycles. The second-order valence-electron chi connectivity index (χ2n) is 5.62. The number of fused-ring (bicyclic) bond motifs is 1. The third-order valence-corrected chi connectivity index (χ3v) is 3.87. The third kappa shape index (κ3) is 3.77. The number of nitrogens with zero attached hydrogens (tertiary/aromatic N) is 3. The molecule has 0 aliphatic heterocycles. The Kier molecular flexibility index (Phi) is 5.41. The van der Waals surface area contributed by atoms with Crippen molar-refractivity contribution in [1.29, 1.82) is 0 Å². The molecule has 0 atom stereocenters. The van der Waals surface area contributed by atoms with Crippen LogP contribution in [0.3, 0.4) is 0 Å². The molecule has 27 heavy (non-hydrogen) atoms. The van der Waals surface area contributed by atoms with Gasteiger partial charge >= 0.3 is 6.09 Å². The molecule has 3 heterocycles. The van der Waals surface area contributed by atoms with Gasteiger partial charge in [0.15, 0.2) is 0 Å². The number of amides is 1. The summed E-state index contributed by atoms with van der Waals surface area (Å²) in [6, 6.07) is 5.53. The van der Waals surface area contributed by atoms with Crippen LogP contribution in [-0.4, -0.2) is 47.2 Å². The Morgan fingerprint density at radius 2 is 2.11 bits per heavy atom. The maximum Gasteiger partial charge on any atom is 0.411 e. The van der Waals surface area contributed by atoms with Crippen molar-refractivity contribution in [2.45, 2.75) is 6.42 Å². The first-order chi connectivity index (χ1) is 13.0. The van der Waals surface area contributed by atoms with Crippen LogP contribution >= 0.6 is 0 Å². The molecule has 0 radical (unpaired) electrons. The van der Waals surface area contributed by atoms with Crippen molar-refractivity contribution in [3.63, 3.8) is 0 Å². The van der Waals surface area contributed by atoms with E-state index in [0.717, 1.165) is 17.2 Å². The van der Waals surface area contributed by atoms with Crippen molar-refractivity contribution in [3.05, 3.63) is 53.9 Å². The second-order valence-corrected chi connectivity index (χ2v) is 5.62. The van der Waals surface area contributed by atoms with Crippen LogP contribution in [0.5, 0.6) is 0 Å². The summed E-state index contributed by atoms with van der Waals surface area (Å²) in [5.41, 5.74) is 0.291. The van der Waals surface area contributed by atoms with Gasteiger partial charge in [0, 0.05) is 38.2 Å². The molecule has 0 aliphatic carbocycles. The molecular formula is C18H16FN3O5. The van der Waals surface area contributed by atoms with Crippen molar-refractivity contribution < 1.29 is 28.2 Å². The number of carboxylic acid groups (broad SMARTS) is 1. The summed E-state index contributed by atoms with van der Waals surface area (Å²) in [6.07, 6.45) is 1.71. The molecule has 0 saturated heterocycles. The number of ketones is 1. The molecule has 140 valence electrons. The zero-order valence-corrected chi connectivity index (χ0v) is 14.4. The molecule has 3 aromatic rings. The number of rotatable bonds is 7. The fraction of sp³-hybridized carbons (Fsp3) is 0.222. The predicted octanol–water partition coefficient (Wildman–Crippen LogP) is 3.11. The van der Waals surface area contributed by atoms with Crippen LogP contribution in [0.15, 0.2) is 41.1 Å².